The van der Waals surface area contributed by atoms with E-state index in [9.17, 15) is 31.1 Å². The van der Waals surface area contributed by atoms with E-state index in [-0.39, 0.29) is 0 Å². The molecule has 3 aromatic carbocycles. The molecule has 4 nitrogen and oxygen atoms in total. The second-order valence-electron chi connectivity index (χ2n) is 8.09. The molecule has 0 atom stereocenters. The van der Waals surface area contributed by atoms with Gasteiger partial charge in [-0.05, 0) is 53.1 Å². The van der Waals surface area contributed by atoms with Crippen molar-refractivity contribution in [2.24, 2.45) is 0 Å². The SMILES string of the molecule is O=C(/C=C/C=C(c1ccc(C(F)(F)F)cc1)c1ccc(C(F)(F)F)cc1)Nc1ccccc1-c1ccn[nH]1. The van der Waals surface area contributed by atoms with Crippen molar-refractivity contribution in [3.63, 3.8) is 0 Å². The Labute approximate surface area is 213 Å². The zero-order chi connectivity index (χ0) is 27.3. The van der Waals surface area contributed by atoms with Gasteiger partial charge in [-0.1, -0.05) is 54.6 Å². The molecule has 0 bridgehead atoms. The first kappa shape index (κ1) is 26.5. The van der Waals surface area contributed by atoms with Crippen LogP contribution in [0.2, 0.25) is 0 Å². The Morgan fingerprint density at radius 2 is 1.32 bits per heavy atom. The van der Waals surface area contributed by atoms with E-state index in [1.807, 2.05) is 0 Å². The Balaban J connectivity index is 1.62. The van der Waals surface area contributed by atoms with Crippen LogP contribution in [0.5, 0.6) is 0 Å². The number of aromatic nitrogens is 2. The van der Waals surface area contributed by atoms with Crippen molar-refractivity contribution in [2.45, 2.75) is 12.4 Å². The molecular formula is C28H19F6N3O. The Hall–Kier alpha value is -4.60. The minimum absolute atomic E-state index is 0.326. The monoisotopic (exact) mass is 527 g/mol. The summed E-state index contributed by atoms with van der Waals surface area (Å²) in [5.41, 5.74) is 1.17. The van der Waals surface area contributed by atoms with Gasteiger partial charge in [-0.2, -0.15) is 31.4 Å². The van der Waals surface area contributed by atoms with Crippen LogP contribution in [0.4, 0.5) is 32.0 Å². The number of hydrogen-bond donors (Lipinski definition) is 2. The Morgan fingerprint density at radius 1 is 0.763 bits per heavy atom. The highest BCUT2D eigenvalue weighted by molar-refractivity contribution is 6.02. The van der Waals surface area contributed by atoms with Gasteiger partial charge < -0.3 is 5.32 Å². The number of alkyl halides is 6. The number of benzene rings is 3. The Morgan fingerprint density at radius 3 is 1.82 bits per heavy atom. The molecule has 10 heteroatoms. The Bertz CT molecular complexity index is 1390. The number of rotatable bonds is 6. The second-order valence-corrected chi connectivity index (χ2v) is 8.09. The minimum atomic E-state index is -4.54. The van der Waals surface area contributed by atoms with Crippen LogP contribution in [0.3, 0.4) is 0 Å². The molecule has 0 unspecified atom stereocenters. The van der Waals surface area contributed by atoms with Crippen LogP contribution < -0.4 is 5.32 Å². The normalized spacial score (nSPS) is 11.9. The van der Waals surface area contributed by atoms with Crippen molar-refractivity contribution >= 4 is 17.2 Å². The number of nitrogens with one attached hydrogen (secondary N) is 2. The first-order chi connectivity index (χ1) is 18.0. The minimum Gasteiger partial charge on any atom is -0.322 e. The number of nitrogens with zero attached hydrogens (tertiary/aromatic N) is 1. The van der Waals surface area contributed by atoms with Crippen molar-refractivity contribution < 1.29 is 31.1 Å². The number of allylic oxidation sites excluding steroid dienone is 2. The van der Waals surface area contributed by atoms with Crippen LogP contribution in [0.1, 0.15) is 22.3 Å². The van der Waals surface area contributed by atoms with E-state index >= 15 is 0 Å². The molecule has 0 spiro atoms. The lowest BCUT2D eigenvalue weighted by Gasteiger charge is -2.12. The van der Waals surface area contributed by atoms with E-state index in [1.165, 1.54) is 42.5 Å². The smallest absolute Gasteiger partial charge is 0.322 e. The number of hydrogen-bond acceptors (Lipinski definition) is 2. The maximum Gasteiger partial charge on any atom is 0.416 e. The molecule has 0 fully saturated rings. The molecule has 1 aromatic heterocycles. The maximum absolute atomic E-state index is 13.0. The highest BCUT2D eigenvalue weighted by Gasteiger charge is 2.31. The number of amides is 1. The largest absolute Gasteiger partial charge is 0.416 e. The van der Waals surface area contributed by atoms with Crippen LogP contribution in [0.15, 0.2) is 103 Å². The van der Waals surface area contributed by atoms with Gasteiger partial charge >= 0.3 is 12.4 Å². The summed E-state index contributed by atoms with van der Waals surface area (Å²) in [6.07, 6.45) is -3.48. The summed E-state index contributed by atoms with van der Waals surface area (Å²) >= 11 is 0. The predicted molar refractivity (Wildman–Crippen MR) is 132 cm³/mol. The molecule has 4 aromatic rings. The van der Waals surface area contributed by atoms with Crippen molar-refractivity contribution in [3.05, 3.63) is 126 Å². The van der Waals surface area contributed by atoms with Gasteiger partial charge in [0.15, 0.2) is 0 Å². The summed E-state index contributed by atoms with van der Waals surface area (Å²) in [6.45, 7) is 0. The van der Waals surface area contributed by atoms with Crippen LogP contribution in [0.25, 0.3) is 16.8 Å². The van der Waals surface area contributed by atoms with Gasteiger partial charge in [-0.25, -0.2) is 0 Å². The number of carbonyl (C=O) groups is 1. The van der Waals surface area contributed by atoms with Gasteiger partial charge in [0.05, 0.1) is 22.5 Å². The fourth-order valence-corrected chi connectivity index (χ4v) is 3.68. The van der Waals surface area contributed by atoms with Crippen LogP contribution in [-0.4, -0.2) is 16.1 Å². The summed E-state index contributed by atoms with van der Waals surface area (Å²) in [7, 11) is 0. The lowest BCUT2D eigenvalue weighted by atomic mass is 9.95. The number of H-pyrrole nitrogens is 1. The molecular weight excluding hydrogens is 508 g/mol. The number of anilines is 1. The van der Waals surface area contributed by atoms with E-state index in [2.05, 4.69) is 15.5 Å². The fourth-order valence-electron chi connectivity index (χ4n) is 3.68. The van der Waals surface area contributed by atoms with Crippen molar-refractivity contribution in [1.82, 2.24) is 10.2 Å². The molecule has 38 heavy (non-hydrogen) atoms. The third-order valence-electron chi connectivity index (χ3n) is 5.53. The summed E-state index contributed by atoms with van der Waals surface area (Å²) in [6, 6.07) is 17.2. The van der Waals surface area contributed by atoms with E-state index in [1.54, 1.807) is 36.5 Å². The second kappa shape index (κ2) is 10.8. The molecule has 0 radical (unpaired) electrons. The summed E-state index contributed by atoms with van der Waals surface area (Å²) < 4.78 is 78.0. The molecule has 1 amide bonds. The standard InChI is InChI=1S/C28H19F6N3O/c29-27(30,31)20-12-8-18(9-13-20)22(19-10-14-21(15-11-19)28(32,33)34)5-3-7-26(38)36-24-6-2-1-4-23(24)25-16-17-35-37-25/h1-17H,(H,35,37)(H,36,38)/b7-3+. The third kappa shape index (κ3) is 6.39. The predicted octanol–water partition coefficient (Wildman–Crippen LogP) is 7.74. The molecule has 4 rings (SSSR count). The van der Waals surface area contributed by atoms with Gasteiger partial charge in [-0.15, -0.1) is 0 Å². The first-order valence-corrected chi connectivity index (χ1v) is 11.2. The molecule has 0 saturated heterocycles. The van der Waals surface area contributed by atoms with E-state index in [4.69, 9.17) is 0 Å². The maximum atomic E-state index is 13.0. The average molecular weight is 527 g/mol. The van der Waals surface area contributed by atoms with Crippen molar-refractivity contribution in [1.29, 1.82) is 0 Å². The molecule has 0 aliphatic heterocycles. The highest BCUT2D eigenvalue weighted by atomic mass is 19.4. The summed E-state index contributed by atoms with van der Waals surface area (Å²) in [5, 5.41) is 9.46. The van der Waals surface area contributed by atoms with Crippen LogP contribution in [-0.2, 0) is 17.1 Å². The molecule has 1 heterocycles. The highest BCUT2D eigenvalue weighted by Crippen LogP contribution is 2.34. The number of aromatic amines is 1. The van der Waals surface area contributed by atoms with Gasteiger partial charge in [0.25, 0.3) is 0 Å². The molecule has 2 N–H and O–H groups in total. The number of halogens is 6. The molecule has 194 valence electrons. The molecule has 0 saturated carbocycles. The summed E-state index contributed by atoms with van der Waals surface area (Å²) in [4.78, 5) is 12.6. The fraction of sp³-hybridized carbons (Fsp3) is 0.0714. The van der Waals surface area contributed by atoms with Gasteiger partial charge in [0.2, 0.25) is 5.91 Å². The number of carbonyl (C=O) groups excluding carboxylic acids is 1. The first-order valence-electron chi connectivity index (χ1n) is 11.2. The molecule has 0 aliphatic carbocycles. The third-order valence-corrected chi connectivity index (χ3v) is 5.53. The Kier molecular flexibility index (Phi) is 7.52. The van der Waals surface area contributed by atoms with Gasteiger partial charge in [-0.3, -0.25) is 9.89 Å². The van der Waals surface area contributed by atoms with E-state index < -0.39 is 29.4 Å². The van der Waals surface area contributed by atoms with Crippen LogP contribution in [0, 0.1) is 0 Å². The lowest BCUT2D eigenvalue weighted by Crippen LogP contribution is -2.08. The average Bonchev–Trinajstić information content (AvgIpc) is 3.41. The van der Waals surface area contributed by atoms with Crippen molar-refractivity contribution in [3.8, 4) is 11.3 Å². The quantitative estimate of drug-likeness (QED) is 0.153. The van der Waals surface area contributed by atoms with Crippen molar-refractivity contribution in [2.75, 3.05) is 5.32 Å². The van der Waals surface area contributed by atoms with Crippen LogP contribution >= 0.6 is 0 Å². The van der Waals surface area contributed by atoms with E-state index in [0.717, 1.165) is 24.3 Å². The van der Waals surface area contributed by atoms with E-state index in [0.29, 0.717) is 33.6 Å². The van der Waals surface area contributed by atoms with Gasteiger partial charge in [0.1, 0.15) is 0 Å². The molecule has 0 aliphatic rings. The number of para-hydroxylation sites is 1. The van der Waals surface area contributed by atoms with Gasteiger partial charge in [0, 0.05) is 17.8 Å². The zero-order valence-electron chi connectivity index (χ0n) is 19.4. The topological polar surface area (TPSA) is 57.8 Å². The lowest BCUT2D eigenvalue weighted by molar-refractivity contribution is -0.138. The zero-order valence-corrected chi connectivity index (χ0v) is 19.4. The summed E-state index contributed by atoms with van der Waals surface area (Å²) in [5.74, 6) is -0.493.